The molecule has 2 atom stereocenters. The van der Waals surface area contributed by atoms with Gasteiger partial charge in [-0.3, -0.25) is 5.41 Å². The van der Waals surface area contributed by atoms with E-state index in [0.29, 0.717) is 5.92 Å². The van der Waals surface area contributed by atoms with Crippen LogP contribution in [0.25, 0.3) is 0 Å². The van der Waals surface area contributed by atoms with Crippen molar-refractivity contribution in [2.45, 2.75) is 19.3 Å². The first-order chi connectivity index (χ1) is 5.64. The van der Waals surface area contributed by atoms with Crippen molar-refractivity contribution in [3.63, 3.8) is 0 Å². The normalized spacial score (nSPS) is 33.2. The van der Waals surface area contributed by atoms with Gasteiger partial charge in [-0.25, -0.2) is 4.98 Å². The van der Waals surface area contributed by atoms with E-state index in [-0.39, 0.29) is 11.3 Å². The molecule has 1 aliphatic carbocycles. The van der Waals surface area contributed by atoms with E-state index in [1.54, 1.807) is 6.33 Å². The average molecular weight is 164 g/mol. The SMILES string of the molecule is C[C@]1(C(=N)N)C[C@@H]1c1c[nH]cn1. The van der Waals surface area contributed by atoms with E-state index >= 15 is 0 Å². The molecule has 12 heavy (non-hydrogen) atoms. The highest BCUT2D eigenvalue weighted by Gasteiger charge is 2.54. The Balaban J connectivity index is 2.19. The van der Waals surface area contributed by atoms with E-state index in [2.05, 4.69) is 9.97 Å². The van der Waals surface area contributed by atoms with E-state index in [1.807, 2.05) is 13.1 Å². The van der Waals surface area contributed by atoms with Crippen LogP contribution in [-0.4, -0.2) is 15.8 Å². The fourth-order valence-electron chi connectivity index (χ4n) is 1.56. The predicted molar refractivity (Wildman–Crippen MR) is 46.0 cm³/mol. The molecule has 2 rings (SSSR count). The van der Waals surface area contributed by atoms with Crippen LogP contribution in [0.2, 0.25) is 0 Å². The molecule has 0 radical (unpaired) electrons. The number of nitrogens with zero attached hydrogens (tertiary/aromatic N) is 1. The number of hydrogen-bond donors (Lipinski definition) is 3. The summed E-state index contributed by atoms with van der Waals surface area (Å²) in [7, 11) is 0. The van der Waals surface area contributed by atoms with Gasteiger partial charge in [0.1, 0.15) is 0 Å². The third kappa shape index (κ3) is 0.841. The van der Waals surface area contributed by atoms with Gasteiger partial charge in [-0.2, -0.15) is 0 Å². The molecule has 64 valence electrons. The largest absolute Gasteiger partial charge is 0.387 e. The molecular formula is C8H12N4. The molecule has 0 bridgehead atoms. The lowest BCUT2D eigenvalue weighted by Crippen LogP contribution is -2.22. The molecule has 0 unspecified atom stereocenters. The summed E-state index contributed by atoms with van der Waals surface area (Å²) in [6.45, 7) is 2.01. The molecule has 0 amide bonds. The third-order valence-electron chi connectivity index (χ3n) is 2.73. The van der Waals surface area contributed by atoms with Crippen LogP contribution in [0.15, 0.2) is 12.5 Å². The maximum atomic E-state index is 7.38. The molecule has 0 saturated heterocycles. The van der Waals surface area contributed by atoms with Crippen LogP contribution < -0.4 is 5.73 Å². The molecule has 1 aromatic rings. The van der Waals surface area contributed by atoms with Crippen LogP contribution in [-0.2, 0) is 0 Å². The highest BCUT2D eigenvalue weighted by Crippen LogP contribution is 2.58. The lowest BCUT2D eigenvalue weighted by molar-refractivity contribution is 0.737. The standard InChI is InChI=1S/C8H12N4/c1-8(7(9)10)2-5(8)6-3-11-4-12-6/h3-5H,2H2,1H3,(H3,9,10)(H,11,12)/t5-,8+/m1/s1. The van der Waals surface area contributed by atoms with E-state index < -0.39 is 0 Å². The van der Waals surface area contributed by atoms with Gasteiger partial charge in [-0.15, -0.1) is 0 Å². The molecule has 0 spiro atoms. The maximum absolute atomic E-state index is 7.38. The van der Waals surface area contributed by atoms with Crippen molar-refractivity contribution in [2.24, 2.45) is 11.1 Å². The zero-order valence-corrected chi connectivity index (χ0v) is 6.96. The van der Waals surface area contributed by atoms with Gasteiger partial charge in [0.15, 0.2) is 0 Å². The minimum atomic E-state index is -0.130. The molecule has 4 nitrogen and oxygen atoms in total. The minimum Gasteiger partial charge on any atom is -0.387 e. The Morgan fingerprint density at radius 1 is 1.92 bits per heavy atom. The molecule has 1 fully saturated rings. The second kappa shape index (κ2) is 2.09. The number of hydrogen-bond acceptors (Lipinski definition) is 2. The Kier molecular flexibility index (Phi) is 1.28. The topological polar surface area (TPSA) is 78.5 Å². The van der Waals surface area contributed by atoms with Gasteiger partial charge in [0.05, 0.1) is 17.9 Å². The summed E-state index contributed by atoms with van der Waals surface area (Å²) >= 11 is 0. The summed E-state index contributed by atoms with van der Waals surface area (Å²) < 4.78 is 0. The second-order valence-corrected chi connectivity index (χ2v) is 3.58. The van der Waals surface area contributed by atoms with Crippen LogP contribution >= 0.6 is 0 Å². The predicted octanol–water partition coefficient (Wildman–Crippen LogP) is 0.839. The van der Waals surface area contributed by atoms with Crippen LogP contribution in [0.4, 0.5) is 0 Å². The van der Waals surface area contributed by atoms with Gasteiger partial charge >= 0.3 is 0 Å². The van der Waals surface area contributed by atoms with Crippen molar-refractivity contribution < 1.29 is 0 Å². The first-order valence-corrected chi connectivity index (χ1v) is 3.98. The molecule has 1 aromatic heterocycles. The first-order valence-electron chi connectivity index (χ1n) is 3.98. The van der Waals surface area contributed by atoms with Crippen molar-refractivity contribution in [3.05, 3.63) is 18.2 Å². The number of nitrogens with two attached hydrogens (primary N) is 1. The van der Waals surface area contributed by atoms with Gasteiger partial charge in [-0.1, -0.05) is 6.92 Å². The van der Waals surface area contributed by atoms with Crippen molar-refractivity contribution in [1.29, 1.82) is 5.41 Å². The Bertz CT molecular complexity index is 303. The van der Waals surface area contributed by atoms with E-state index in [9.17, 15) is 0 Å². The number of amidine groups is 1. The number of nitrogens with one attached hydrogen (secondary N) is 2. The van der Waals surface area contributed by atoms with Crippen LogP contribution in [0, 0.1) is 10.8 Å². The summed E-state index contributed by atoms with van der Waals surface area (Å²) in [5.41, 5.74) is 6.37. The van der Waals surface area contributed by atoms with E-state index in [0.717, 1.165) is 12.1 Å². The molecule has 4 N–H and O–H groups in total. The van der Waals surface area contributed by atoms with Gasteiger partial charge < -0.3 is 10.7 Å². The van der Waals surface area contributed by atoms with E-state index in [1.165, 1.54) is 0 Å². The molecule has 0 aliphatic heterocycles. The number of aromatic amines is 1. The van der Waals surface area contributed by atoms with Gasteiger partial charge in [0.2, 0.25) is 0 Å². The van der Waals surface area contributed by atoms with Crippen molar-refractivity contribution in [2.75, 3.05) is 0 Å². The highest BCUT2D eigenvalue weighted by atomic mass is 14.9. The quantitative estimate of drug-likeness (QED) is 0.447. The van der Waals surface area contributed by atoms with Crippen molar-refractivity contribution >= 4 is 5.84 Å². The molecule has 1 heterocycles. The number of imidazole rings is 1. The Labute approximate surface area is 70.7 Å². The summed E-state index contributed by atoms with van der Waals surface area (Å²) in [6, 6.07) is 0. The zero-order valence-electron chi connectivity index (χ0n) is 6.96. The Morgan fingerprint density at radius 3 is 3.08 bits per heavy atom. The number of aromatic nitrogens is 2. The number of H-pyrrole nitrogens is 1. The molecule has 0 aromatic carbocycles. The molecule has 1 aliphatic rings. The van der Waals surface area contributed by atoms with Crippen LogP contribution in [0.1, 0.15) is 25.0 Å². The lowest BCUT2D eigenvalue weighted by atomic mass is 10.0. The number of rotatable bonds is 2. The highest BCUT2D eigenvalue weighted by molar-refractivity contribution is 5.87. The van der Waals surface area contributed by atoms with Gasteiger partial charge in [-0.05, 0) is 6.42 Å². The fourth-order valence-corrected chi connectivity index (χ4v) is 1.56. The zero-order chi connectivity index (χ0) is 8.77. The van der Waals surface area contributed by atoms with E-state index in [4.69, 9.17) is 11.1 Å². The second-order valence-electron chi connectivity index (χ2n) is 3.58. The third-order valence-corrected chi connectivity index (χ3v) is 2.73. The first kappa shape index (κ1) is 7.34. The van der Waals surface area contributed by atoms with Crippen LogP contribution in [0.5, 0.6) is 0 Å². The lowest BCUT2D eigenvalue weighted by Gasteiger charge is -2.05. The monoisotopic (exact) mass is 164 g/mol. The Morgan fingerprint density at radius 2 is 2.67 bits per heavy atom. The molecular weight excluding hydrogens is 152 g/mol. The van der Waals surface area contributed by atoms with Gasteiger partial charge in [0.25, 0.3) is 0 Å². The maximum Gasteiger partial charge on any atom is 0.0972 e. The molecule has 1 saturated carbocycles. The summed E-state index contributed by atoms with van der Waals surface area (Å²) in [6.07, 6.45) is 4.49. The smallest absolute Gasteiger partial charge is 0.0972 e. The van der Waals surface area contributed by atoms with Crippen molar-refractivity contribution in [1.82, 2.24) is 9.97 Å². The molecule has 4 heteroatoms. The minimum absolute atomic E-state index is 0.130. The summed E-state index contributed by atoms with van der Waals surface area (Å²) in [5, 5.41) is 7.38. The van der Waals surface area contributed by atoms with Gasteiger partial charge in [0, 0.05) is 17.5 Å². The average Bonchev–Trinajstić information content (AvgIpc) is 2.49. The summed E-state index contributed by atoms with van der Waals surface area (Å²) in [4.78, 5) is 7.05. The van der Waals surface area contributed by atoms with Crippen molar-refractivity contribution in [3.8, 4) is 0 Å². The fraction of sp³-hybridized carbons (Fsp3) is 0.500. The summed E-state index contributed by atoms with van der Waals surface area (Å²) in [5.74, 6) is 0.622. The Hall–Kier alpha value is -1.32. The van der Waals surface area contributed by atoms with Crippen LogP contribution in [0.3, 0.4) is 0 Å².